The van der Waals surface area contributed by atoms with Gasteiger partial charge in [0.05, 0.1) is 0 Å². The Labute approximate surface area is 116 Å². The first-order chi connectivity index (χ1) is 9.70. The monoisotopic (exact) mass is 272 g/mol. The molecule has 104 valence electrons. The number of hydrogen-bond donors (Lipinski definition) is 2. The van der Waals surface area contributed by atoms with Gasteiger partial charge in [-0.3, -0.25) is 9.36 Å². The Hall–Kier alpha value is -2.63. The molecule has 1 heterocycles. The largest absolute Gasteiger partial charge is 0.352 e. The molecule has 0 fully saturated rings. The molecule has 0 bridgehead atoms. The molecular formula is C14H16N4O2. The SMILES string of the molecule is CCCNC(=O)c1cccc(NC(=O)n2ccnc2)c1. The van der Waals surface area contributed by atoms with Gasteiger partial charge in [0.15, 0.2) is 0 Å². The smallest absolute Gasteiger partial charge is 0.331 e. The van der Waals surface area contributed by atoms with E-state index in [4.69, 9.17) is 0 Å². The maximum absolute atomic E-state index is 11.8. The minimum atomic E-state index is -0.325. The van der Waals surface area contributed by atoms with E-state index in [2.05, 4.69) is 15.6 Å². The van der Waals surface area contributed by atoms with Gasteiger partial charge >= 0.3 is 6.03 Å². The van der Waals surface area contributed by atoms with Crippen molar-refractivity contribution in [3.05, 3.63) is 48.5 Å². The molecule has 0 aliphatic rings. The summed E-state index contributed by atoms with van der Waals surface area (Å²) in [6.45, 7) is 2.62. The molecule has 0 aliphatic carbocycles. The molecule has 0 atom stereocenters. The fourth-order valence-electron chi connectivity index (χ4n) is 1.65. The Kier molecular flexibility index (Phi) is 4.49. The summed E-state index contributed by atoms with van der Waals surface area (Å²) in [5.41, 5.74) is 1.08. The summed E-state index contributed by atoms with van der Waals surface area (Å²) in [5, 5.41) is 5.49. The Balaban J connectivity index is 2.06. The van der Waals surface area contributed by atoms with Crippen molar-refractivity contribution < 1.29 is 9.59 Å². The maximum Gasteiger partial charge on any atom is 0.331 e. The lowest BCUT2D eigenvalue weighted by atomic mass is 10.2. The van der Waals surface area contributed by atoms with Gasteiger partial charge in [-0.2, -0.15) is 0 Å². The van der Waals surface area contributed by atoms with Crippen LogP contribution in [0.2, 0.25) is 0 Å². The van der Waals surface area contributed by atoms with E-state index in [-0.39, 0.29) is 11.9 Å². The van der Waals surface area contributed by atoms with Gasteiger partial charge in [0, 0.05) is 30.2 Å². The van der Waals surface area contributed by atoms with Gasteiger partial charge in [-0.1, -0.05) is 13.0 Å². The molecule has 0 aliphatic heterocycles. The van der Waals surface area contributed by atoms with E-state index >= 15 is 0 Å². The zero-order valence-electron chi connectivity index (χ0n) is 11.2. The Morgan fingerprint density at radius 1 is 1.35 bits per heavy atom. The summed E-state index contributed by atoms with van der Waals surface area (Å²) in [5.74, 6) is -0.148. The van der Waals surface area contributed by atoms with E-state index in [1.807, 2.05) is 6.92 Å². The second-order valence-corrected chi connectivity index (χ2v) is 4.24. The maximum atomic E-state index is 11.8. The number of carbonyl (C=O) groups is 2. The van der Waals surface area contributed by atoms with Crippen LogP contribution in [0.15, 0.2) is 43.0 Å². The number of nitrogens with one attached hydrogen (secondary N) is 2. The average molecular weight is 272 g/mol. The van der Waals surface area contributed by atoms with Crippen LogP contribution in [-0.4, -0.2) is 28.0 Å². The zero-order valence-corrected chi connectivity index (χ0v) is 11.2. The van der Waals surface area contributed by atoms with Crippen LogP contribution in [0.1, 0.15) is 23.7 Å². The molecular weight excluding hydrogens is 256 g/mol. The van der Waals surface area contributed by atoms with Crippen molar-refractivity contribution in [2.75, 3.05) is 11.9 Å². The summed E-state index contributed by atoms with van der Waals surface area (Å²) in [6.07, 6.45) is 5.36. The quantitative estimate of drug-likeness (QED) is 0.895. The molecule has 0 spiro atoms. The highest BCUT2D eigenvalue weighted by Gasteiger charge is 2.08. The number of benzene rings is 1. The van der Waals surface area contributed by atoms with Crippen LogP contribution < -0.4 is 10.6 Å². The van der Waals surface area contributed by atoms with Crippen LogP contribution in [0.5, 0.6) is 0 Å². The van der Waals surface area contributed by atoms with Crippen molar-refractivity contribution >= 4 is 17.6 Å². The van der Waals surface area contributed by atoms with Crippen LogP contribution in [0, 0.1) is 0 Å². The lowest BCUT2D eigenvalue weighted by Gasteiger charge is -2.08. The molecule has 20 heavy (non-hydrogen) atoms. The minimum absolute atomic E-state index is 0.148. The highest BCUT2D eigenvalue weighted by atomic mass is 16.2. The zero-order chi connectivity index (χ0) is 14.4. The molecule has 6 heteroatoms. The second-order valence-electron chi connectivity index (χ2n) is 4.24. The predicted molar refractivity (Wildman–Crippen MR) is 75.7 cm³/mol. The molecule has 1 aromatic heterocycles. The molecule has 1 aromatic carbocycles. The topological polar surface area (TPSA) is 76.0 Å². The lowest BCUT2D eigenvalue weighted by Crippen LogP contribution is -2.24. The third kappa shape index (κ3) is 3.44. The number of imidazole rings is 1. The van der Waals surface area contributed by atoms with E-state index in [1.54, 1.807) is 30.5 Å². The third-order valence-corrected chi connectivity index (χ3v) is 2.65. The lowest BCUT2D eigenvalue weighted by molar-refractivity contribution is 0.0953. The Morgan fingerprint density at radius 2 is 2.20 bits per heavy atom. The van der Waals surface area contributed by atoms with Crippen molar-refractivity contribution in [3.63, 3.8) is 0 Å². The van der Waals surface area contributed by atoms with Gasteiger partial charge in [-0.25, -0.2) is 9.78 Å². The summed E-state index contributed by atoms with van der Waals surface area (Å²) >= 11 is 0. The number of amides is 2. The highest BCUT2D eigenvalue weighted by Crippen LogP contribution is 2.11. The summed E-state index contributed by atoms with van der Waals surface area (Å²) < 4.78 is 1.32. The third-order valence-electron chi connectivity index (χ3n) is 2.65. The van der Waals surface area contributed by atoms with Crippen LogP contribution in [0.4, 0.5) is 10.5 Å². The summed E-state index contributed by atoms with van der Waals surface area (Å²) in [6, 6.07) is 6.47. The number of anilines is 1. The number of rotatable bonds is 4. The van der Waals surface area contributed by atoms with Crippen molar-refractivity contribution in [1.29, 1.82) is 0 Å². The Bertz CT molecular complexity index is 593. The first kappa shape index (κ1) is 13.8. The van der Waals surface area contributed by atoms with E-state index in [9.17, 15) is 9.59 Å². The molecule has 2 rings (SSSR count). The number of carbonyl (C=O) groups excluding carboxylic acids is 2. The molecule has 0 unspecified atom stereocenters. The number of nitrogens with zero attached hydrogens (tertiary/aromatic N) is 2. The first-order valence-corrected chi connectivity index (χ1v) is 6.38. The van der Waals surface area contributed by atoms with E-state index < -0.39 is 0 Å². The van der Waals surface area contributed by atoms with Gasteiger partial charge in [0.25, 0.3) is 5.91 Å². The molecule has 0 radical (unpaired) electrons. The van der Waals surface area contributed by atoms with Gasteiger partial charge < -0.3 is 10.6 Å². The predicted octanol–water partition coefficient (Wildman–Crippen LogP) is 2.10. The van der Waals surface area contributed by atoms with Gasteiger partial charge in [0.2, 0.25) is 0 Å². The van der Waals surface area contributed by atoms with E-state index in [1.165, 1.54) is 17.1 Å². The molecule has 2 N–H and O–H groups in total. The normalized spacial score (nSPS) is 10.1. The van der Waals surface area contributed by atoms with Crippen LogP contribution in [0.25, 0.3) is 0 Å². The first-order valence-electron chi connectivity index (χ1n) is 6.38. The van der Waals surface area contributed by atoms with Crippen LogP contribution >= 0.6 is 0 Å². The number of aromatic nitrogens is 2. The number of hydrogen-bond acceptors (Lipinski definition) is 3. The van der Waals surface area contributed by atoms with Crippen LogP contribution in [0.3, 0.4) is 0 Å². The molecule has 0 saturated heterocycles. The summed E-state index contributed by atoms with van der Waals surface area (Å²) in [7, 11) is 0. The molecule has 2 aromatic rings. The van der Waals surface area contributed by atoms with Gasteiger partial charge in [-0.15, -0.1) is 0 Å². The van der Waals surface area contributed by atoms with Crippen molar-refractivity contribution in [2.45, 2.75) is 13.3 Å². The molecule has 0 saturated carbocycles. The standard InChI is InChI=1S/C14H16N4O2/c1-2-6-16-13(19)11-4-3-5-12(9-11)17-14(20)18-8-7-15-10-18/h3-5,7-10H,2,6H2,1H3,(H,16,19)(H,17,20). The van der Waals surface area contributed by atoms with E-state index in [0.29, 0.717) is 17.8 Å². The van der Waals surface area contributed by atoms with E-state index in [0.717, 1.165) is 6.42 Å². The Morgan fingerprint density at radius 3 is 2.90 bits per heavy atom. The highest BCUT2D eigenvalue weighted by molar-refractivity contribution is 5.97. The van der Waals surface area contributed by atoms with Crippen molar-refractivity contribution in [3.8, 4) is 0 Å². The average Bonchev–Trinajstić information content (AvgIpc) is 2.99. The minimum Gasteiger partial charge on any atom is -0.352 e. The fraction of sp³-hybridized carbons (Fsp3) is 0.214. The molecule has 2 amide bonds. The molecule has 6 nitrogen and oxygen atoms in total. The second kappa shape index (κ2) is 6.51. The van der Waals surface area contributed by atoms with Gasteiger partial charge in [-0.05, 0) is 24.6 Å². The van der Waals surface area contributed by atoms with Crippen molar-refractivity contribution in [1.82, 2.24) is 14.9 Å². The van der Waals surface area contributed by atoms with Gasteiger partial charge in [0.1, 0.15) is 6.33 Å². The fourth-order valence-corrected chi connectivity index (χ4v) is 1.65. The van der Waals surface area contributed by atoms with Crippen LogP contribution in [-0.2, 0) is 0 Å². The summed E-state index contributed by atoms with van der Waals surface area (Å²) in [4.78, 5) is 27.5. The van der Waals surface area contributed by atoms with Crippen molar-refractivity contribution in [2.24, 2.45) is 0 Å².